The first-order chi connectivity index (χ1) is 10.1. The first-order valence-electron chi connectivity index (χ1n) is 8.40. The van der Waals surface area contributed by atoms with Gasteiger partial charge in [-0.05, 0) is 50.4 Å². The third kappa shape index (κ3) is 2.62. The van der Waals surface area contributed by atoms with Gasteiger partial charge in [0.05, 0.1) is 0 Å². The number of carbonyl (C=O) groups is 2. The smallest absolute Gasteiger partial charge is 0.326 e. The molecule has 0 aromatic heterocycles. The molecule has 0 bridgehead atoms. The molecule has 0 aromatic carbocycles. The van der Waals surface area contributed by atoms with Gasteiger partial charge in [0.25, 0.3) is 0 Å². The summed E-state index contributed by atoms with van der Waals surface area (Å²) in [5.74, 6) is 0.378. The van der Waals surface area contributed by atoms with E-state index in [1.54, 1.807) is 4.90 Å². The molecule has 5 nitrogen and oxygen atoms in total. The van der Waals surface area contributed by atoms with Crippen LogP contribution in [0, 0.1) is 17.8 Å². The summed E-state index contributed by atoms with van der Waals surface area (Å²) < 4.78 is 0. The van der Waals surface area contributed by atoms with E-state index in [1.807, 2.05) is 11.8 Å². The first-order valence-corrected chi connectivity index (χ1v) is 8.40. The zero-order valence-electron chi connectivity index (χ0n) is 12.8. The van der Waals surface area contributed by atoms with Crippen LogP contribution in [0.2, 0.25) is 0 Å². The molecule has 1 saturated heterocycles. The van der Waals surface area contributed by atoms with E-state index in [9.17, 15) is 14.7 Å². The van der Waals surface area contributed by atoms with Crippen LogP contribution in [0.15, 0.2) is 0 Å². The average molecular weight is 294 g/mol. The van der Waals surface area contributed by atoms with Crippen LogP contribution in [-0.4, -0.2) is 52.6 Å². The van der Waals surface area contributed by atoms with Gasteiger partial charge in [0, 0.05) is 19.6 Å². The van der Waals surface area contributed by atoms with E-state index in [-0.39, 0.29) is 11.9 Å². The molecule has 1 aliphatic heterocycles. The first kappa shape index (κ1) is 14.7. The number of nitrogens with zero attached hydrogens (tertiary/aromatic N) is 2. The number of fused-ring (bicyclic) bond motifs is 1. The van der Waals surface area contributed by atoms with Crippen molar-refractivity contribution in [3.8, 4) is 0 Å². The molecule has 1 N–H and O–H groups in total. The molecule has 21 heavy (non-hydrogen) atoms. The molecule has 118 valence electrons. The molecule has 1 heterocycles. The standard InChI is InChI=1S/C16H26N2O3/c1-2-17(9-11-5-3-6-11)16(21)18-10-12-7-4-8-13(12)14(18)15(19)20/h11-14H,2-10H2,1H3,(H,19,20). The lowest BCUT2D eigenvalue weighted by molar-refractivity contribution is -0.142. The molecule has 2 saturated carbocycles. The third-order valence-electron chi connectivity index (χ3n) is 5.74. The van der Waals surface area contributed by atoms with Gasteiger partial charge in [-0.25, -0.2) is 9.59 Å². The lowest BCUT2D eigenvalue weighted by Crippen LogP contribution is -2.51. The topological polar surface area (TPSA) is 60.9 Å². The summed E-state index contributed by atoms with van der Waals surface area (Å²) in [6.45, 7) is 4.10. The average Bonchev–Trinajstić information content (AvgIpc) is 2.96. The molecule has 2 aliphatic carbocycles. The van der Waals surface area contributed by atoms with Crippen LogP contribution >= 0.6 is 0 Å². The minimum atomic E-state index is -0.822. The van der Waals surface area contributed by atoms with Crippen LogP contribution in [0.4, 0.5) is 4.79 Å². The number of hydrogen-bond acceptors (Lipinski definition) is 2. The van der Waals surface area contributed by atoms with Crippen LogP contribution < -0.4 is 0 Å². The van der Waals surface area contributed by atoms with E-state index in [0.29, 0.717) is 24.9 Å². The van der Waals surface area contributed by atoms with Crippen molar-refractivity contribution in [2.75, 3.05) is 19.6 Å². The Morgan fingerprint density at radius 2 is 1.90 bits per heavy atom. The second-order valence-corrected chi connectivity index (χ2v) is 6.91. The van der Waals surface area contributed by atoms with Crippen molar-refractivity contribution in [2.45, 2.75) is 51.5 Å². The van der Waals surface area contributed by atoms with Crippen molar-refractivity contribution in [2.24, 2.45) is 17.8 Å². The van der Waals surface area contributed by atoms with Crippen LogP contribution in [0.5, 0.6) is 0 Å². The zero-order valence-corrected chi connectivity index (χ0v) is 12.8. The SMILES string of the molecule is CCN(CC1CCC1)C(=O)N1CC2CCCC2C1C(=O)O. The number of hydrogen-bond donors (Lipinski definition) is 1. The molecule has 2 amide bonds. The van der Waals surface area contributed by atoms with Crippen LogP contribution in [0.3, 0.4) is 0 Å². The normalized spacial score (nSPS) is 31.9. The van der Waals surface area contributed by atoms with Gasteiger partial charge in [-0.2, -0.15) is 0 Å². The van der Waals surface area contributed by atoms with Crippen LogP contribution in [0.1, 0.15) is 45.4 Å². The maximum Gasteiger partial charge on any atom is 0.326 e. The summed E-state index contributed by atoms with van der Waals surface area (Å²) in [6, 6.07) is -0.647. The lowest BCUT2D eigenvalue weighted by atomic mass is 9.85. The minimum Gasteiger partial charge on any atom is -0.480 e. The second kappa shape index (κ2) is 5.85. The summed E-state index contributed by atoms with van der Waals surface area (Å²) in [4.78, 5) is 27.9. The molecule has 3 aliphatic rings. The molecule has 0 spiro atoms. The molecule has 5 heteroatoms. The lowest BCUT2D eigenvalue weighted by Gasteiger charge is -2.35. The number of aliphatic carboxylic acids is 1. The van der Waals surface area contributed by atoms with Gasteiger partial charge in [-0.3, -0.25) is 0 Å². The number of likely N-dealkylation sites (tertiary alicyclic amines) is 1. The fraction of sp³-hybridized carbons (Fsp3) is 0.875. The van der Waals surface area contributed by atoms with Crippen molar-refractivity contribution in [1.29, 1.82) is 0 Å². The highest BCUT2D eigenvalue weighted by Gasteiger charge is 2.50. The van der Waals surface area contributed by atoms with E-state index in [1.165, 1.54) is 19.3 Å². The zero-order chi connectivity index (χ0) is 15.0. The third-order valence-corrected chi connectivity index (χ3v) is 5.74. The van der Waals surface area contributed by atoms with Crippen molar-refractivity contribution < 1.29 is 14.7 Å². The monoisotopic (exact) mass is 294 g/mol. The molecule has 0 aromatic rings. The Bertz CT molecular complexity index is 422. The Morgan fingerprint density at radius 3 is 2.48 bits per heavy atom. The van der Waals surface area contributed by atoms with E-state index in [2.05, 4.69) is 0 Å². The molecular formula is C16H26N2O3. The number of carboxylic acids is 1. The summed E-state index contributed by atoms with van der Waals surface area (Å²) in [7, 11) is 0. The molecule has 3 unspecified atom stereocenters. The van der Waals surface area contributed by atoms with Crippen molar-refractivity contribution in [3.05, 3.63) is 0 Å². The van der Waals surface area contributed by atoms with Crippen LogP contribution in [0.25, 0.3) is 0 Å². The Balaban J connectivity index is 1.70. The Labute approximate surface area is 126 Å². The number of rotatable bonds is 4. The molecule has 3 rings (SSSR count). The van der Waals surface area contributed by atoms with Gasteiger partial charge in [0.15, 0.2) is 0 Å². The maximum atomic E-state index is 12.8. The molecule has 3 atom stereocenters. The fourth-order valence-electron chi connectivity index (χ4n) is 4.33. The van der Waals surface area contributed by atoms with Crippen molar-refractivity contribution in [1.82, 2.24) is 9.80 Å². The van der Waals surface area contributed by atoms with Gasteiger partial charge in [0.2, 0.25) is 0 Å². The quantitative estimate of drug-likeness (QED) is 0.866. The van der Waals surface area contributed by atoms with E-state index < -0.39 is 12.0 Å². The van der Waals surface area contributed by atoms with E-state index >= 15 is 0 Å². The van der Waals surface area contributed by atoms with Gasteiger partial charge in [0.1, 0.15) is 6.04 Å². The van der Waals surface area contributed by atoms with Gasteiger partial charge < -0.3 is 14.9 Å². The highest BCUT2D eigenvalue weighted by Crippen LogP contribution is 2.42. The van der Waals surface area contributed by atoms with Gasteiger partial charge in [-0.15, -0.1) is 0 Å². The molecular weight excluding hydrogens is 268 g/mol. The Hall–Kier alpha value is -1.26. The number of carboxylic acid groups (broad SMARTS) is 1. The fourth-order valence-corrected chi connectivity index (χ4v) is 4.33. The molecule has 0 radical (unpaired) electrons. The summed E-state index contributed by atoms with van der Waals surface area (Å²) in [6.07, 6.45) is 6.82. The van der Waals surface area contributed by atoms with Crippen molar-refractivity contribution >= 4 is 12.0 Å². The van der Waals surface area contributed by atoms with Crippen molar-refractivity contribution in [3.63, 3.8) is 0 Å². The maximum absolute atomic E-state index is 12.8. The molecule has 3 fully saturated rings. The summed E-state index contributed by atoms with van der Waals surface area (Å²) >= 11 is 0. The highest BCUT2D eigenvalue weighted by molar-refractivity contribution is 5.84. The predicted molar refractivity (Wildman–Crippen MR) is 78.9 cm³/mol. The highest BCUT2D eigenvalue weighted by atomic mass is 16.4. The van der Waals surface area contributed by atoms with E-state index in [4.69, 9.17) is 0 Å². The summed E-state index contributed by atoms with van der Waals surface area (Å²) in [5, 5.41) is 9.56. The number of amides is 2. The van der Waals surface area contributed by atoms with Gasteiger partial charge >= 0.3 is 12.0 Å². The Morgan fingerprint density at radius 1 is 1.19 bits per heavy atom. The largest absolute Gasteiger partial charge is 0.480 e. The second-order valence-electron chi connectivity index (χ2n) is 6.91. The minimum absolute atomic E-state index is 0.0498. The summed E-state index contributed by atoms with van der Waals surface area (Å²) in [5.41, 5.74) is 0. The Kier molecular flexibility index (Phi) is 4.09. The number of urea groups is 1. The van der Waals surface area contributed by atoms with Gasteiger partial charge in [-0.1, -0.05) is 12.8 Å². The van der Waals surface area contributed by atoms with Crippen LogP contribution in [-0.2, 0) is 4.79 Å². The van der Waals surface area contributed by atoms with E-state index in [0.717, 1.165) is 25.8 Å². The predicted octanol–water partition coefficient (Wildman–Crippen LogP) is 2.41. The number of carbonyl (C=O) groups excluding carboxylic acids is 1.